The Morgan fingerprint density at radius 2 is 1.89 bits per heavy atom. The van der Waals surface area contributed by atoms with Crippen LogP contribution in [-0.4, -0.2) is 17.9 Å². The van der Waals surface area contributed by atoms with Crippen molar-refractivity contribution < 1.29 is 4.79 Å². The van der Waals surface area contributed by atoms with E-state index in [2.05, 4.69) is 15.6 Å². The summed E-state index contributed by atoms with van der Waals surface area (Å²) in [5.74, 6) is 0.299. The van der Waals surface area contributed by atoms with Crippen LogP contribution in [0.4, 0.5) is 0 Å². The predicted octanol–water partition coefficient (Wildman–Crippen LogP) is 2.52. The van der Waals surface area contributed by atoms with E-state index in [1.807, 2.05) is 13.8 Å². The quantitative estimate of drug-likeness (QED) is 0.877. The highest BCUT2D eigenvalue weighted by molar-refractivity contribution is 6.34. The lowest BCUT2D eigenvalue weighted by Crippen LogP contribution is -2.40. The van der Waals surface area contributed by atoms with Crippen molar-refractivity contribution in [1.82, 2.24) is 10.6 Å². The van der Waals surface area contributed by atoms with Crippen molar-refractivity contribution >= 4 is 35.1 Å². The highest BCUT2D eigenvalue weighted by atomic mass is 35.5. The molecule has 2 rings (SSSR count). The molecule has 0 aliphatic carbocycles. The Labute approximate surface area is 115 Å². The molecule has 1 aromatic rings. The van der Waals surface area contributed by atoms with Crippen LogP contribution in [0.25, 0.3) is 0 Å². The third-order valence-corrected chi connectivity index (χ3v) is 2.81. The number of aliphatic imine (C=N–C) groups is 1. The van der Waals surface area contributed by atoms with Gasteiger partial charge in [0.25, 0.3) is 5.91 Å². The molecule has 18 heavy (non-hydrogen) atoms. The molecule has 6 heteroatoms. The standard InChI is InChI=1S/C12H13Cl2N3O/c1-6(2)15-12-16-10(11(18)17-12)7-3-8(13)5-9(14)4-7/h3-6,10H,1-2H3,(H2,15,16,17,18). The van der Waals surface area contributed by atoms with Crippen LogP contribution < -0.4 is 10.6 Å². The van der Waals surface area contributed by atoms with Gasteiger partial charge in [-0.05, 0) is 37.6 Å². The number of guanidine groups is 1. The molecular weight excluding hydrogens is 273 g/mol. The molecule has 0 fully saturated rings. The van der Waals surface area contributed by atoms with Crippen LogP contribution in [0.15, 0.2) is 23.2 Å². The molecule has 0 saturated heterocycles. The van der Waals surface area contributed by atoms with Gasteiger partial charge in [-0.2, -0.15) is 0 Å². The summed E-state index contributed by atoms with van der Waals surface area (Å²) in [6.07, 6.45) is 0. The monoisotopic (exact) mass is 285 g/mol. The van der Waals surface area contributed by atoms with Gasteiger partial charge < -0.3 is 5.32 Å². The third-order valence-electron chi connectivity index (χ3n) is 2.37. The normalized spacial score (nSPS) is 18.8. The zero-order valence-corrected chi connectivity index (χ0v) is 11.5. The minimum atomic E-state index is -0.595. The van der Waals surface area contributed by atoms with E-state index < -0.39 is 6.04 Å². The number of hydrogen-bond acceptors (Lipinski definition) is 3. The number of nitrogens with one attached hydrogen (secondary N) is 2. The summed E-state index contributed by atoms with van der Waals surface area (Å²) < 4.78 is 0. The topological polar surface area (TPSA) is 53.5 Å². The fourth-order valence-corrected chi connectivity index (χ4v) is 2.25. The number of carbonyl (C=O) groups is 1. The van der Waals surface area contributed by atoms with Gasteiger partial charge in [-0.3, -0.25) is 10.1 Å². The second-order valence-electron chi connectivity index (χ2n) is 4.37. The van der Waals surface area contributed by atoms with Crippen molar-refractivity contribution in [1.29, 1.82) is 0 Å². The van der Waals surface area contributed by atoms with Crippen LogP contribution in [0.5, 0.6) is 0 Å². The van der Waals surface area contributed by atoms with Gasteiger partial charge in [0.2, 0.25) is 0 Å². The molecule has 96 valence electrons. The SMILES string of the molecule is CC(C)NC1=NC(c2cc(Cl)cc(Cl)c2)C(=O)N1. The first-order chi connectivity index (χ1) is 8.45. The van der Waals surface area contributed by atoms with Crippen molar-refractivity contribution in [3.05, 3.63) is 33.8 Å². The molecule has 0 spiro atoms. The Morgan fingerprint density at radius 1 is 1.28 bits per heavy atom. The molecule has 1 atom stereocenters. The summed E-state index contributed by atoms with van der Waals surface area (Å²) >= 11 is 11.8. The minimum Gasteiger partial charge on any atom is -0.354 e. The van der Waals surface area contributed by atoms with Crippen molar-refractivity contribution in [3.63, 3.8) is 0 Å². The lowest BCUT2D eigenvalue weighted by molar-refractivity contribution is -0.120. The molecule has 1 aliphatic rings. The molecule has 1 aliphatic heterocycles. The molecular formula is C12H13Cl2N3O. The van der Waals surface area contributed by atoms with Crippen LogP contribution in [0.1, 0.15) is 25.5 Å². The summed E-state index contributed by atoms with van der Waals surface area (Å²) in [5, 5.41) is 6.72. The minimum absolute atomic E-state index is 0.184. The maximum atomic E-state index is 11.8. The van der Waals surface area contributed by atoms with E-state index in [0.29, 0.717) is 21.6 Å². The van der Waals surface area contributed by atoms with Crippen LogP contribution in [-0.2, 0) is 4.79 Å². The van der Waals surface area contributed by atoms with E-state index in [9.17, 15) is 4.79 Å². The molecule has 0 radical (unpaired) electrons. The first-order valence-corrected chi connectivity index (χ1v) is 6.32. The fourth-order valence-electron chi connectivity index (χ4n) is 1.71. The van der Waals surface area contributed by atoms with E-state index in [4.69, 9.17) is 23.2 Å². The van der Waals surface area contributed by atoms with Gasteiger partial charge >= 0.3 is 0 Å². The molecule has 0 aromatic heterocycles. The second-order valence-corrected chi connectivity index (χ2v) is 5.24. The van der Waals surface area contributed by atoms with Gasteiger partial charge in [0, 0.05) is 16.1 Å². The third kappa shape index (κ3) is 2.94. The first-order valence-electron chi connectivity index (χ1n) is 5.57. The average Bonchev–Trinajstić information content (AvgIpc) is 2.56. The number of carbonyl (C=O) groups excluding carboxylic acids is 1. The average molecular weight is 286 g/mol. The van der Waals surface area contributed by atoms with Gasteiger partial charge in [0.15, 0.2) is 12.0 Å². The number of halogens is 2. The zero-order chi connectivity index (χ0) is 13.3. The Bertz CT molecular complexity index is 494. The maximum absolute atomic E-state index is 11.8. The summed E-state index contributed by atoms with van der Waals surface area (Å²) in [6, 6.07) is 4.61. The highest BCUT2D eigenvalue weighted by Gasteiger charge is 2.28. The summed E-state index contributed by atoms with van der Waals surface area (Å²) in [6.45, 7) is 3.94. The van der Waals surface area contributed by atoms with E-state index >= 15 is 0 Å². The van der Waals surface area contributed by atoms with Crippen LogP contribution in [0, 0.1) is 0 Å². The second kappa shape index (κ2) is 5.16. The van der Waals surface area contributed by atoms with Crippen LogP contribution in [0.2, 0.25) is 10.0 Å². The first kappa shape index (κ1) is 13.2. The molecule has 2 N–H and O–H groups in total. The Hall–Kier alpha value is -1.26. The van der Waals surface area contributed by atoms with Crippen LogP contribution in [0.3, 0.4) is 0 Å². The summed E-state index contributed by atoms with van der Waals surface area (Å²) in [5.41, 5.74) is 0.686. The van der Waals surface area contributed by atoms with E-state index in [1.165, 1.54) is 0 Å². The van der Waals surface area contributed by atoms with Crippen molar-refractivity contribution in [3.8, 4) is 0 Å². The Balaban J connectivity index is 2.27. The van der Waals surface area contributed by atoms with Crippen LogP contribution >= 0.6 is 23.2 Å². The number of hydrogen-bond donors (Lipinski definition) is 2. The van der Waals surface area contributed by atoms with Gasteiger partial charge in [-0.15, -0.1) is 0 Å². The molecule has 1 heterocycles. The molecule has 0 saturated carbocycles. The van der Waals surface area contributed by atoms with Gasteiger partial charge in [-0.1, -0.05) is 23.2 Å². The Morgan fingerprint density at radius 3 is 2.44 bits per heavy atom. The Kier molecular flexibility index (Phi) is 3.78. The van der Waals surface area contributed by atoms with Crippen molar-refractivity contribution in [2.24, 2.45) is 4.99 Å². The zero-order valence-electron chi connectivity index (χ0n) is 10.00. The molecule has 4 nitrogen and oxygen atoms in total. The number of rotatable bonds is 2. The van der Waals surface area contributed by atoms with E-state index in [0.717, 1.165) is 0 Å². The summed E-state index contributed by atoms with van der Waals surface area (Å²) in [4.78, 5) is 16.1. The smallest absolute Gasteiger partial charge is 0.256 e. The van der Waals surface area contributed by atoms with E-state index in [-0.39, 0.29) is 11.9 Å². The number of nitrogens with zero attached hydrogens (tertiary/aromatic N) is 1. The van der Waals surface area contributed by atoms with Gasteiger partial charge in [-0.25, -0.2) is 4.99 Å². The maximum Gasteiger partial charge on any atom is 0.256 e. The highest BCUT2D eigenvalue weighted by Crippen LogP contribution is 2.27. The van der Waals surface area contributed by atoms with Gasteiger partial charge in [0.1, 0.15) is 0 Å². The lowest BCUT2D eigenvalue weighted by atomic mass is 10.1. The molecule has 1 aromatic carbocycles. The molecule has 1 amide bonds. The lowest BCUT2D eigenvalue weighted by Gasteiger charge is -2.07. The largest absolute Gasteiger partial charge is 0.354 e. The predicted molar refractivity (Wildman–Crippen MR) is 73.1 cm³/mol. The van der Waals surface area contributed by atoms with Gasteiger partial charge in [0.05, 0.1) is 0 Å². The molecule has 1 unspecified atom stereocenters. The fraction of sp³-hybridized carbons (Fsp3) is 0.333. The summed E-state index contributed by atoms with van der Waals surface area (Å²) in [7, 11) is 0. The number of benzene rings is 1. The molecule has 0 bridgehead atoms. The number of amides is 1. The van der Waals surface area contributed by atoms with Crippen molar-refractivity contribution in [2.45, 2.75) is 25.9 Å². The van der Waals surface area contributed by atoms with E-state index in [1.54, 1.807) is 18.2 Å². The van der Waals surface area contributed by atoms with Crippen molar-refractivity contribution in [2.75, 3.05) is 0 Å².